The van der Waals surface area contributed by atoms with Gasteiger partial charge in [-0.2, -0.15) is 0 Å². The fourth-order valence-electron chi connectivity index (χ4n) is 5.03. The van der Waals surface area contributed by atoms with Gasteiger partial charge in [0.2, 0.25) is 0 Å². The molecular weight excluding hydrogens is 323 g/mol. The molecule has 0 heterocycles. The number of fused-ring (bicyclic) bond motifs is 1. The van der Waals surface area contributed by atoms with E-state index in [2.05, 4.69) is 94.3 Å². The van der Waals surface area contributed by atoms with Crippen molar-refractivity contribution < 1.29 is 0 Å². The van der Waals surface area contributed by atoms with Gasteiger partial charge < -0.3 is 0 Å². The number of hydrogen-bond donors (Lipinski definition) is 0. The van der Waals surface area contributed by atoms with Crippen LogP contribution in [0.4, 0.5) is 0 Å². The molecule has 2 atom stereocenters. The third-order valence-corrected chi connectivity index (χ3v) is 7.30. The molecule has 3 aromatic carbocycles. The van der Waals surface area contributed by atoms with Crippen LogP contribution < -0.4 is 5.46 Å². The zero-order valence-corrected chi connectivity index (χ0v) is 17.2. The molecule has 0 spiro atoms. The molecule has 0 bridgehead atoms. The molecule has 0 N–H and O–H groups in total. The first-order valence-corrected chi connectivity index (χ1v) is 10.6. The summed E-state index contributed by atoms with van der Waals surface area (Å²) in [5.41, 5.74) is 4.51. The van der Waals surface area contributed by atoms with Crippen LogP contribution in [0.25, 0.3) is 10.8 Å². The van der Waals surface area contributed by atoms with E-state index in [4.69, 9.17) is 0 Å². The van der Waals surface area contributed by atoms with Crippen molar-refractivity contribution >= 4 is 22.9 Å². The van der Waals surface area contributed by atoms with E-state index in [0.717, 1.165) is 5.92 Å². The first-order valence-electron chi connectivity index (χ1n) is 10.6. The van der Waals surface area contributed by atoms with Crippen molar-refractivity contribution in [3.63, 3.8) is 0 Å². The second-order valence-electron chi connectivity index (χ2n) is 8.75. The van der Waals surface area contributed by atoms with E-state index in [1.807, 2.05) is 0 Å². The Balaban J connectivity index is 1.91. The van der Waals surface area contributed by atoms with Gasteiger partial charge in [-0.05, 0) is 58.3 Å². The Kier molecular flexibility index (Phi) is 4.89. The molecule has 1 aliphatic rings. The summed E-state index contributed by atoms with van der Waals surface area (Å²) in [7, 11) is 0. The molecule has 3 aromatic rings. The SMILES string of the molecule is CCC(C)c1cccc2c(C(C)(B(C)c3ccccc3)C3CC3)cccc12. The Labute approximate surface area is 165 Å². The minimum atomic E-state index is 0.176. The van der Waals surface area contributed by atoms with Crippen LogP contribution >= 0.6 is 0 Å². The summed E-state index contributed by atoms with van der Waals surface area (Å²) < 4.78 is 0. The number of benzene rings is 3. The molecule has 0 saturated heterocycles. The van der Waals surface area contributed by atoms with Gasteiger partial charge in [-0.1, -0.05) is 99.8 Å². The molecule has 1 fully saturated rings. The van der Waals surface area contributed by atoms with Crippen molar-refractivity contribution in [3.8, 4) is 0 Å². The van der Waals surface area contributed by atoms with Crippen LogP contribution in [0.5, 0.6) is 0 Å². The van der Waals surface area contributed by atoms with Crippen LogP contribution in [0, 0.1) is 5.92 Å². The summed E-state index contributed by atoms with van der Waals surface area (Å²) in [6.45, 7) is 10.1. The summed E-state index contributed by atoms with van der Waals surface area (Å²) >= 11 is 0. The number of hydrogen-bond acceptors (Lipinski definition) is 0. The average Bonchev–Trinajstić information content (AvgIpc) is 3.57. The Hall–Kier alpha value is -2.02. The van der Waals surface area contributed by atoms with Gasteiger partial charge in [0.05, 0.1) is 0 Å². The molecule has 0 radical (unpaired) electrons. The third-order valence-electron chi connectivity index (χ3n) is 7.30. The highest BCUT2D eigenvalue weighted by molar-refractivity contribution is 6.75. The van der Waals surface area contributed by atoms with Crippen molar-refractivity contribution in [2.45, 2.75) is 58.1 Å². The molecule has 0 nitrogen and oxygen atoms in total. The fraction of sp³-hybridized carbons (Fsp3) is 0.385. The standard InChI is InChI=1S/C26H31B/c1-5-19(2)22-13-9-15-24-23(22)14-10-16-25(24)26(3,20-17-18-20)27(4)21-11-7-6-8-12-21/h6-16,19-20H,5,17-18H2,1-4H3. The van der Waals surface area contributed by atoms with Crippen LogP contribution in [0.3, 0.4) is 0 Å². The maximum absolute atomic E-state index is 2.52. The van der Waals surface area contributed by atoms with E-state index in [-0.39, 0.29) is 5.31 Å². The summed E-state index contributed by atoms with van der Waals surface area (Å²) in [6.07, 6.45) is 3.90. The van der Waals surface area contributed by atoms with Gasteiger partial charge in [-0.3, -0.25) is 0 Å². The molecule has 0 aromatic heterocycles. The summed E-state index contributed by atoms with van der Waals surface area (Å²) in [4.78, 5) is 0. The molecule has 1 saturated carbocycles. The molecule has 1 heteroatoms. The van der Waals surface area contributed by atoms with Gasteiger partial charge in [-0.25, -0.2) is 0 Å². The predicted molar refractivity (Wildman–Crippen MR) is 120 cm³/mol. The normalized spacial score (nSPS) is 17.5. The second kappa shape index (κ2) is 7.19. The molecule has 4 rings (SSSR count). The van der Waals surface area contributed by atoms with Crippen molar-refractivity contribution in [2.75, 3.05) is 0 Å². The Morgan fingerprint density at radius 3 is 2.26 bits per heavy atom. The molecule has 138 valence electrons. The van der Waals surface area contributed by atoms with E-state index >= 15 is 0 Å². The third kappa shape index (κ3) is 3.12. The predicted octanol–water partition coefficient (Wildman–Crippen LogP) is 6.59. The quantitative estimate of drug-likeness (QED) is 0.438. The first-order chi connectivity index (χ1) is 13.1. The maximum Gasteiger partial charge on any atom is 0.183 e. The van der Waals surface area contributed by atoms with Gasteiger partial charge in [0.1, 0.15) is 0 Å². The first kappa shape index (κ1) is 18.4. The largest absolute Gasteiger partial charge is 0.183 e. The van der Waals surface area contributed by atoms with Crippen molar-refractivity contribution in [2.24, 2.45) is 5.92 Å². The van der Waals surface area contributed by atoms with Gasteiger partial charge in [-0.15, -0.1) is 0 Å². The van der Waals surface area contributed by atoms with E-state index < -0.39 is 0 Å². The molecule has 0 aliphatic heterocycles. The lowest BCUT2D eigenvalue weighted by molar-refractivity contribution is 0.574. The van der Waals surface area contributed by atoms with E-state index in [0.29, 0.717) is 12.6 Å². The Morgan fingerprint density at radius 1 is 0.926 bits per heavy atom. The smallest absolute Gasteiger partial charge is 0.0810 e. The average molecular weight is 354 g/mol. The van der Waals surface area contributed by atoms with E-state index in [1.54, 1.807) is 5.56 Å². The highest BCUT2D eigenvalue weighted by Gasteiger charge is 2.48. The molecule has 27 heavy (non-hydrogen) atoms. The van der Waals surface area contributed by atoms with Gasteiger partial charge in [0, 0.05) is 0 Å². The monoisotopic (exact) mass is 354 g/mol. The van der Waals surface area contributed by atoms with Crippen molar-refractivity contribution in [1.82, 2.24) is 0 Å². The minimum Gasteiger partial charge on any atom is -0.0810 e. The van der Waals surface area contributed by atoms with Crippen molar-refractivity contribution in [3.05, 3.63) is 77.9 Å². The van der Waals surface area contributed by atoms with E-state index in [1.165, 1.54) is 41.1 Å². The van der Waals surface area contributed by atoms with Crippen LogP contribution in [-0.4, -0.2) is 6.71 Å². The summed E-state index contributed by atoms with van der Waals surface area (Å²) in [6, 6.07) is 25.1. The van der Waals surface area contributed by atoms with Crippen LogP contribution in [-0.2, 0) is 5.31 Å². The molecule has 1 aliphatic carbocycles. The number of rotatable bonds is 6. The Morgan fingerprint density at radius 2 is 1.59 bits per heavy atom. The zero-order chi connectivity index (χ0) is 19.0. The van der Waals surface area contributed by atoms with Crippen molar-refractivity contribution in [1.29, 1.82) is 0 Å². The lowest BCUT2D eigenvalue weighted by Gasteiger charge is -2.36. The van der Waals surface area contributed by atoms with Gasteiger partial charge in [0.25, 0.3) is 0 Å². The lowest BCUT2D eigenvalue weighted by Crippen LogP contribution is -2.48. The Bertz CT molecular complexity index is 925. The highest BCUT2D eigenvalue weighted by atomic mass is 14.4. The minimum absolute atomic E-state index is 0.176. The fourth-order valence-corrected chi connectivity index (χ4v) is 5.03. The van der Waals surface area contributed by atoms with E-state index in [9.17, 15) is 0 Å². The summed E-state index contributed by atoms with van der Waals surface area (Å²) in [5, 5.41) is 3.10. The van der Waals surface area contributed by atoms with Crippen LogP contribution in [0.2, 0.25) is 6.82 Å². The molecular formula is C26H31B. The zero-order valence-electron chi connectivity index (χ0n) is 17.2. The second-order valence-corrected chi connectivity index (χ2v) is 8.75. The summed E-state index contributed by atoms with van der Waals surface area (Å²) in [5.74, 6) is 1.38. The lowest BCUT2D eigenvalue weighted by atomic mass is 9.29. The van der Waals surface area contributed by atoms with Crippen LogP contribution in [0.1, 0.15) is 57.1 Å². The van der Waals surface area contributed by atoms with Gasteiger partial charge in [0.15, 0.2) is 6.71 Å². The van der Waals surface area contributed by atoms with Crippen LogP contribution in [0.15, 0.2) is 66.7 Å². The molecule has 2 unspecified atom stereocenters. The maximum atomic E-state index is 2.52. The topological polar surface area (TPSA) is 0 Å². The van der Waals surface area contributed by atoms with Gasteiger partial charge >= 0.3 is 0 Å². The molecule has 0 amide bonds. The highest BCUT2D eigenvalue weighted by Crippen LogP contribution is 2.50.